The molecule has 1 aromatic rings. The number of ether oxygens (including phenoxy) is 1. The fraction of sp³-hybridized carbons (Fsp3) is 0.636. The Hall–Kier alpha value is -0.690. The van der Waals surface area contributed by atoms with E-state index in [0.29, 0.717) is 18.0 Å². The molecular weight excluding hydrogens is 274 g/mol. The predicted octanol–water partition coefficient (Wildman–Crippen LogP) is 1.58. The molecule has 18 heavy (non-hydrogen) atoms. The molecule has 1 aromatic heterocycles. The van der Waals surface area contributed by atoms with Gasteiger partial charge >= 0.3 is 0 Å². The molecule has 2 rings (SSSR count). The molecule has 0 radical (unpaired) electrons. The molecule has 0 bridgehead atoms. The van der Waals surface area contributed by atoms with Crippen LogP contribution in [0.3, 0.4) is 0 Å². The molecule has 2 N–H and O–H groups in total. The third-order valence-corrected chi connectivity index (χ3v) is 3.89. The van der Waals surface area contributed by atoms with Crippen LogP contribution in [0.25, 0.3) is 0 Å². The molecule has 7 heteroatoms. The fourth-order valence-electron chi connectivity index (χ4n) is 1.98. The van der Waals surface area contributed by atoms with Gasteiger partial charge in [-0.2, -0.15) is 0 Å². The van der Waals surface area contributed by atoms with Crippen LogP contribution < -0.4 is 10.6 Å². The Morgan fingerprint density at radius 3 is 2.72 bits per heavy atom. The van der Waals surface area contributed by atoms with Crippen molar-refractivity contribution in [2.24, 2.45) is 0 Å². The van der Waals surface area contributed by atoms with Gasteiger partial charge in [0.15, 0.2) is 5.13 Å². The molecule has 1 aliphatic rings. The Balaban J connectivity index is 0.00000162. The Kier molecular flexibility index (Phi) is 5.52. The third kappa shape index (κ3) is 3.20. The van der Waals surface area contributed by atoms with Gasteiger partial charge in [-0.3, -0.25) is 10.1 Å². The lowest BCUT2D eigenvalue weighted by atomic mass is 9.91. The Morgan fingerprint density at radius 2 is 2.22 bits per heavy atom. The number of halogens is 1. The van der Waals surface area contributed by atoms with Gasteiger partial charge in [0.1, 0.15) is 5.60 Å². The Morgan fingerprint density at radius 1 is 1.56 bits per heavy atom. The molecule has 2 heterocycles. The molecule has 1 fully saturated rings. The van der Waals surface area contributed by atoms with E-state index in [0.717, 1.165) is 18.0 Å². The quantitative estimate of drug-likeness (QED) is 0.887. The molecule has 1 saturated heterocycles. The van der Waals surface area contributed by atoms with Crippen LogP contribution in [-0.4, -0.2) is 36.7 Å². The summed E-state index contributed by atoms with van der Waals surface area (Å²) < 4.78 is 5.44. The normalized spacial score (nSPS) is 17.9. The monoisotopic (exact) mass is 291 g/mol. The maximum Gasteiger partial charge on any atom is 0.258 e. The van der Waals surface area contributed by atoms with E-state index in [1.54, 1.807) is 13.3 Å². The van der Waals surface area contributed by atoms with Crippen molar-refractivity contribution in [3.8, 4) is 0 Å². The highest BCUT2D eigenvalue weighted by atomic mass is 35.5. The van der Waals surface area contributed by atoms with Gasteiger partial charge in [0.05, 0.1) is 0 Å². The summed E-state index contributed by atoms with van der Waals surface area (Å²) in [7, 11) is 1.60. The second kappa shape index (κ2) is 6.47. The average Bonchev–Trinajstić information content (AvgIpc) is 2.75. The largest absolute Gasteiger partial charge is 0.368 e. The molecule has 0 spiro atoms. The lowest BCUT2D eigenvalue weighted by Gasteiger charge is -2.34. The number of nitrogens with zero attached hydrogens (tertiary/aromatic N) is 1. The molecule has 1 aliphatic heterocycles. The van der Waals surface area contributed by atoms with Crippen molar-refractivity contribution in [2.45, 2.75) is 25.4 Å². The lowest BCUT2D eigenvalue weighted by molar-refractivity contribution is -0.140. The molecule has 0 atom stereocenters. The number of hydrogen-bond acceptors (Lipinski definition) is 5. The smallest absolute Gasteiger partial charge is 0.258 e. The number of hydrogen-bond donors (Lipinski definition) is 2. The van der Waals surface area contributed by atoms with Crippen LogP contribution in [0.1, 0.15) is 17.7 Å². The Bertz CT molecular complexity index is 405. The SMILES string of the molecule is COC1(C(=O)Nc2ncc(C)s2)CCNCC1.Cl. The summed E-state index contributed by atoms with van der Waals surface area (Å²) in [5, 5.41) is 6.70. The standard InChI is InChI=1S/C11H17N3O2S.ClH/c1-8-7-13-10(17-8)14-9(15)11(16-2)3-5-12-6-4-11;/h7,12H,3-6H2,1-2H3,(H,13,14,15);1H. The number of anilines is 1. The molecule has 102 valence electrons. The highest BCUT2D eigenvalue weighted by molar-refractivity contribution is 7.15. The number of carbonyl (C=O) groups excluding carboxylic acids is 1. The first kappa shape index (κ1) is 15.4. The molecule has 0 unspecified atom stereocenters. The van der Waals surface area contributed by atoms with Crippen LogP contribution in [-0.2, 0) is 9.53 Å². The maximum absolute atomic E-state index is 12.2. The zero-order valence-electron chi connectivity index (χ0n) is 10.5. The highest BCUT2D eigenvalue weighted by Crippen LogP contribution is 2.25. The summed E-state index contributed by atoms with van der Waals surface area (Å²) in [6.45, 7) is 3.57. The van der Waals surface area contributed by atoms with Gasteiger partial charge in [0.2, 0.25) is 0 Å². The third-order valence-electron chi connectivity index (χ3n) is 3.06. The minimum Gasteiger partial charge on any atom is -0.368 e. The summed E-state index contributed by atoms with van der Waals surface area (Å²) in [5.41, 5.74) is -0.704. The number of rotatable bonds is 3. The van der Waals surface area contributed by atoms with Crippen LogP contribution >= 0.6 is 23.7 Å². The first-order valence-electron chi connectivity index (χ1n) is 5.66. The average molecular weight is 292 g/mol. The molecule has 5 nitrogen and oxygen atoms in total. The number of piperidine rings is 1. The molecular formula is C11H18ClN3O2S. The van der Waals surface area contributed by atoms with Crippen LogP contribution in [0.5, 0.6) is 0 Å². The number of amides is 1. The number of thiazole rings is 1. The van der Waals surface area contributed by atoms with Gasteiger partial charge in [0, 0.05) is 18.2 Å². The summed E-state index contributed by atoms with van der Waals surface area (Å²) in [4.78, 5) is 17.4. The fourth-order valence-corrected chi connectivity index (χ4v) is 2.64. The van der Waals surface area contributed by atoms with E-state index in [1.807, 2.05) is 6.92 Å². The first-order valence-corrected chi connectivity index (χ1v) is 6.48. The molecule has 1 amide bonds. The van der Waals surface area contributed by atoms with E-state index < -0.39 is 5.60 Å². The second-order valence-corrected chi connectivity index (χ2v) is 5.41. The zero-order chi connectivity index (χ0) is 12.3. The predicted molar refractivity (Wildman–Crippen MR) is 74.6 cm³/mol. The lowest BCUT2D eigenvalue weighted by Crippen LogP contribution is -2.51. The van der Waals surface area contributed by atoms with Crippen molar-refractivity contribution in [3.05, 3.63) is 11.1 Å². The van der Waals surface area contributed by atoms with E-state index >= 15 is 0 Å². The van der Waals surface area contributed by atoms with Gasteiger partial charge < -0.3 is 10.1 Å². The van der Waals surface area contributed by atoms with Crippen molar-refractivity contribution < 1.29 is 9.53 Å². The van der Waals surface area contributed by atoms with Crippen LogP contribution in [0.15, 0.2) is 6.20 Å². The van der Waals surface area contributed by atoms with Crippen molar-refractivity contribution in [1.82, 2.24) is 10.3 Å². The molecule has 0 saturated carbocycles. The van der Waals surface area contributed by atoms with E-state index in [4.69, 9.17) is 4.74 Å². The number of aryl methyl sites for hydroxylation is 1. The Labute approximate surface area is 117 Å². The number of nitrogens with one attached hydrogen (secondary N) is 2. The van der Waals surface area contributed by atoms with E-state index in [2.05, 4.69) is 15.6 Å². The van der Waals surface area contributed by atoms with E-state index in [1.165, 1.54) is 11.3 Å². The van der Waals surface area contributed by atoms with Crippen molar-refractivity contribution >= 4 is 34.8 Å². The van der Waals surface area contributed by atoms with Gasteiger partial charge in [-0.05, 0) is 32.9 Å². The molecule has 0 aromatic carbocycles. The van der Waals surface area contributed by atoms with Crippen molar-refractivity contribution in [3.63, 3.8) is 0 Å². The maximum atomic E-state index is 12.2. The molecule has 0 aliphatic carbocycles. The topological polar surface area (TPSA) is 63.2 Å². The second-order valence-electron chi connectivity index (χ2n) is 4.18. The zero-order valence-corrected chi connectivity index (χ0v) is 12.1. The number of carbonyl (C=O) groups is 1. The van der Waals surface area contributed by atoms with Gasteiger partial charge in [-0.15, -0.1) is 23.7 Å². The highest BCUT2D eigenvalue weighted by Gasteiger charge is 2.39. The van der Waals surface area contributed by atoms with Gasteiger partial charge in [-0.1, -0.05) is 0 Å². The van der Waals surface area contributed by atoms with E-state index in [9.17, 15) is 4.79 Å². The number of aromatic nitrogens is 1. The van der Waals surface area contributed by atoms with Gasteiger partial charge in [0.25, 0.3) is 5.91 Å². The summed E-state index contributed by atoms with van der Waals surface area (Å²) >= 11 is 1.48. The summed E-state index contributed by atoms with van der Waals surface area (Å²) in [6, 6.07) is 0. The van der Waals surface area contributed by atoms with E-state index in [-0.39, 0.29) is 18.3 Å². The minimum absolute atomic E-state index is 0. The van der Waals surface area contributed by atoms with Crippen LogP contribution in [0, 0.1) is 6.92 Å². The van der Waals surface area contributed by atoms with Gasteiger partial charge in [-0.25, -0.2) is 4.98 Å². The summed E-state index contributed by atoms with van der Waals surface area (Å²) in [5.74, 6) is -0.0872. The first-order chi connectivity index (χ1) is 8.16. The summed E-state index contributed by atoms with van der Waals surface area (Å²) in [6.07, 6.45) is 3.14. The van der Waals surface area contributed by atoms with Crippen LogP contribution in [0.4, 0.5) is 5.13 Å². The minimum atomic E-state index is -0.704. The number of methoxy groups -OCH3 is 1. The van der Waals surface area contributed by atoms with Crippen LogP contribution in [0.2, 0.25) is 0 Å². The van der Waals surface area contributed by atoms with Crippen molar-refractivity contribution in [1.29, 1.82) is 0 Å². The van der Waals surface area contributed by atoms with Crippen molar-refractivity contribution in [2.75, 3.05) is 25.5 Å².